The van der Waals surface area contributed by atoms with Crippen molar-refractivity contribution in [2.24, 2.45) is 5.73 Å². The summed E-state index contributed by atoms with van der Waals surface area (Å²) in [4.78, 5) is 0. The van der Waals surface area contributed by atoms with E-state index in [1.165, 1.54) is 0 Å². The first kappa shape index (κ1) is 10.9. The Labute approximate surface area is 94.3 Å². The van der Waals surface area contributed by atoms with E-state index in [9.17, 15) is 5.11 Å². The number of aliphatic hydroxyl groups is 1. The van der Waals surface area contributed by atoms with Crippen LogP contribution in [0.15, 0.2) is 18.2 Å². The van der Waals surface area contributed by atoms with E-state index in [0.29, 0.717) is 16.9 Å². The summed E-state index contributed by atoms with van der Waals surface area (Å²) in [7, 11) is 0. The number of nitrogens with two attached hydrogens (primary N) is 1. The molecule has 0 aromatic heterocycles. The molecule has 1 heterocycles. The fourth-order valence-corrected chi connectivity index (χ4v) is 1.85. The number of nitrogens with zero attached hydrogens (tertiary/aromatic N) is 1. The van der Waals surface area contributed by atoms with E-state index < -0.39 is 11.6 Å². The molecular formula is C12H14N2O2. The molecule has 3 N–H and O–H groups in total. The molecule has 0 radical (unpaired) electrons. The van der Waals surface area contributed by atoms with Crippen molar-refractivity contribution in [3.8, 4) is 11.8 Å². The fourth-order valence-electron chi connectivity index (χ4n) is 1.85. The van der Waals surface area contributed by atoms with Crippen LogP contribution in [-0.4, -0.2) is 16.8 Å². The van der Waals surface area contributed by atoms with Crippen LogP contribution < -0.4 is 10.5 Å². The number of nitriles is 1. The van der Waals surface area contributed by atoms with Crippen LogP contribution in [0, 0.1) is 11.3 Å². The maximum Gasteiger partial charge on any atom is 0.126 e. The third-order valence-electron chi connectivity index (χ3n) is 3.23. The SMILES string of the molecule is CC1Oc2ccc(C#N)cc2[C@@H](N)[C@]1(C)O. The first-order valence-corrected chi connectivity index (χ1v) is 5.15. The van der Waals surface area contributed by atoms with E-state index in [2.05, 4.69) is 0 Å². The molecule has 0 spiro atoms. The van der Waals surface area contributed by atoms with Crippen LogP contribution in [0.5, 0.6) is 5.75 Å². The lowest BCUT2D eigenvalue weighted by Gasteiger charge is -2.41. The van der Waals surface area contributed by atoms with Gasteiger partial charge in [0.1, 0.15) is 17.5 Å². The molecule has 16 heavy (non-hydrogen) atoms. The molecule has 0 amide bonds. The molecule has 1 aromatic rings. The van der Waals surface area contributed by atoms with Gasteiger partial charge in [-0.25, -0.2) is 0 Å². The van der Waals surface area contributed by atoms with Crippen molar-refractivity contribution < 1.29 is 9.84 Å². The summed E-state index contributed by atoms with van der Waals surface area (Å²) in [6, 6.07) is 6.57. The fraction of sp³-hybridized carbons (Fsp3) is 0.417. The molecule has 1 aliphatic rings. The van der Waals surface area contributed by atoms with Crippen LogP contribution in [0.1, 0.15) is 31.0 Å². The molecule has 0 fully saturated rings. The monoisotopic (exact) mass is 218 g/mol. The zero-order chi connectivity index (χ0) is 11.9. The highest BCUT2D eigenvalue weighted by molar-refractivity contribution is 5.46. The van der Waals surface area contributed by atoms with Gasteiger partial charge in [0.15, 0.2) is 0 Å². The van der Waals surface area contributed by atoms with E-state index in [1.54, 1.807) is 32.0 Å². The van der Waals surface area contributed by atoms with Gasteiger partial charge >= 0.3 is 0 Å². The largest absolute Gasteiger partial charge is 0.487 e. The predicted octanol–water partition coefficient (Wildman–Crippen LogP) is 1.09. The molecule has 4 nitrogen and oxygen atoms in total. The van der Waals surface area contributed by atoms with Crippen LogP contribution >= 0.6 is 0 Å². The maximum atomic E-state index is 10.2. The molecule has 1 aromatic carbocycles. The molecule has 0 saturated heterocycles. The van der Waals surface area contributed by atoms with Gasteiger partial charge in [-0.05, 0) is 32.0 Å². The van der Waals surface area contributed by atoms with Crippen molar-refractivity contribution in [1.82, 2.24) is 0 Å². The standard InChI is InChI=1S/C12H14N2O2/c1-7-12(2,15)11(14)9-5-8(6-13)3-4-10(9)16-7/h3-5,7,11,15H,14H2,1-2H3/t7?,11-,12-/m1/s1. The average molecular weight is 218 g/mol. The lowest BCUT2D eigenvalue weighted by atomic mass is 9.83. The van der Waals surface area contributed by atoms with Gasteiger partial charge < -0.3 is 15.6 Å². The van der Waals surface area contributed by atoms with Gasteiger partial charge in [-0.1, -0.05) is 0 Å². The maximum absolute atomic E-state index is 10.2. The molecule has 84 valence electrons. The Balaban J connectivity index is 2.53. The van der Waals surface area contributed by atoms with Crippen LogP contribution in [0.3, 0.4) is 0 Å². The summed E-state index contributed by atoms with van der Waals surface area (Å²) in [5.74, 6) is 0.644. The van der Waals surface area contributed by atoms with E-state index >= 15 is 0 Å². The van der Waals surface area contributed by atoms with Crippen molar-refractivity contribution in [2.75, 3.05) is 0 Å². The van der Waals surface area contributed by atoms with Gasteiger partial charge in [0.05, 0.1) is 17.7 Å². The average Bonchev–Trinajstić information content (AvgIpc) is 2.27. The number of hydrogen-bond donors (Lipinski definition) is 2. The second-order valence-electron chi connectivity index (χ2n) is 4.33. The molecule has 0 bridgehead atoms. The quantitative estimate of drug-likeness (QED) is 0.683. The molecule has 3 atom stereocenters. The number of hydrogen-bond acceptors (Lipinski definition) is 4. The Morgan fingerprint density at radius 1 is 1.56 bits per heavy atom. The van der Waals surface area contributed by atoms with Crippen molar-refractivity contribution >= 4 is 0 Å². The summed E-state index contributed by atoms with van der Waals surface area (Å²) in [6.07, 6.45) is -0.372. The van der Waals surface area contributed by atoms with Crippen LogP contribution in [0.2, 0.25) is 0 Å². The van der Waals surface area contributed by atoms with E-state index in [-0.39, 0.29) is 6.10 Å². The Bertz CT molecular complexity index is 463. The Morgan fingerprint density at radius 2 is 2.25 bits per heavy atom. The lowest BCUT2D eigenvalue weighted by molar-refractivity contribution is -0.0722. The van der Waals surface area contributed by atoms with Crippen molar-refractivity contribution in [3.05, 3.63) is 29.3 Å². The van der Waals surface area contributed by atoms with Gasteiger partial charge in [-0.3, -0.25) is 0 Å². The second kappa shape index (κ2) is 3.48. The summed E-state index contributed by atoms with van der Waals surface area (Å²) in [5, 5.41) is 19.0. The van der Waals surface area contributed by atoms with E-state index in [1.807, 2.05) is 6.07 Å². The summed E-state index contributed by atoms with van der Waals surface area (Å²) in [6.45, 7) is 3.42. The lowest BCUT2D eigenvalue weighted by Crippen LogP contribution is -2.52. The normalized spacial score (nSPS) is 32.4. The number of ether oxygens (including phenoxy) is 1. The third kappa shape index (κ3) is 1.45. The highest BCUT2D eigenvalue weighted by Gasteiger charge is 2.42. The summed E-state index contributed by atoms with van der Waals surface area (Å²) < 4.78 is 5.58. The zero-order valence-electron chi connectivity index (χ0n) is 9.27. The molecule has 0 saturated carbocycles. The number of rotatable bonds is 0. The highest BCUT2D eigenvalue weighted by atomic mass is 16.5. The van der Waals surface area contributed by atoms with Gasteiger partial charge in [0.25, 0.3) is 0 Å². The zero-order valence-corrected chi connectivity index (χ0v) is 9.27. The molecule has 1 aliphatic heterocycles. The van der Waals surface area contributed by atoms with Gasteiger partial charge in [0, 0.05) is 5.56 Å². The van der Waals surface area contributed by atoms with Crippen LogP contribution in [0.25, 0.3) is 0 Å². The Morgan fingerprint density at radius 3 is 2.88 bits per heavy atom. The second-order valence-corrected chi connectivity index (χ2v) is 4.33. The Kier molecular flexibility index (Phi) is 2.38. The van der Waals surface area contributed by atoms with Gasteiger partial charge in [-0.2, -0.15) is 5.26 Å². The molecule has 4 heteroatoms. The van der Waals surface area contributed by atoms with Crippen molar-refractivity contribution in [3.63, 3.8) is 0 Å². The minimum Gasteiger partial charge on any atom is -0.487 e. The van der Waals surface area contributed by atoms with Gasteiger partial charge in [0.2, 0.25) is 0 Å². The highest BCUT2D eigenvalue weighted by Crippen LogP contribution is 2.39. The van der Waals surface area contributed by atoms with Gasteiger partial charge in [-0.15, -0.1) is 0 Å². The minimum absolute atomic E-state index is 0.372. The number of fused-ring (bicyclic) bond motifs is 1. The summed E-state index contributed by atoms with van der Waals surface area (Å²) in [5.41, 5.74) is 6.07. The Hall–Kier alpha value is -1.57. The molecule has 0 aliphatic carbocycles. The van der Waals surface area contributed by atoms with Crippen LogP contribution in [0.4, 0.5) is 0 Å². The summed E-state index contributed by atoms with van der Waals surface area (Å²) >= 11 is 0. The molecule has 1 unspecified atom stereocenters. The van der Waals surface area contributed by atoms with Crippen molar-refractivity contribution in [1.29, 1.82) is 5.26 Å². The first-order chi connectivity index (χ1) is 7.46. The minimum atomic E-state index is -1.12. The predicted molar refractivity (Wildman–Crippen MR) is 58.8 cm³/mol. The number of benzene rings is 1. The first-order valence-electron chi connectivity index (χ1n) is 5.15. The van der Waals surface area contributed by atoms with E-state index in [4.69, 9.17) is 15.7 Å². The molecular weight excluding hydrogens is 204 g/mol. The van der Waals surface area contributed by atoms with Crippen LogP contribution in [-0.2, 0) is 0 Å². The smallest absolute Gasteiger partial charge is 0.126 e. The third-order valence-corrected chi connectivity index (χ3v) is 3.23. The molecule has 2 rings (SSSR count). The topological polar surface area (TPSA) is 79.3 Å². The van der Waals surface area contributed by atoms with Crippen molar-refractivity contribution in [2.45, 2.75) is 31.6 Å². The van der Waals surface area contributed by atoms with E-state index in [0.717, 1.165) is 0 Å².